The summed E-state index contributed by atoms with van der Waals surface area (Å²) in [6, 6.07) is 7.54. The molecule has 0 saturated carbocycles. The summed E-state index contributed by atoms with van der Waals surface area (Å²) in [6.07, 6.45) is 9.11. The van der Waals surface area contributed by atoms with Crippen LogP contribution in [0.2, 0.25) is 0 Å². The highest BCUT2D eigenvalue weighted by Gasteiger charge is 2.28. The van der Waals surface area contributed by atoms with Crippen LogP contribution in [-0.4, -0.2) is 32.9 Å². The largest absolute Gasteiger partial charge is 0.496 e. The van der Waals surface area contributed by atoms with Crippen LogP contribution >= 0.6 is 0 Å². The van der Waals surface area contributed by atoms with Crippen molar-refractivity contribution in [3.05, 3.63) is 59.7 Å². The Labute approximate surface area is 130 Å². The molecule has 4 nitrogen and oxygen atoms in total. The lowest BCUT2D eigenvalue weighted by atomic mass is 9.98. The molecule has 0 atom stereocenters. The lowest BCUT2D eigenvalue weighted by molar-refractivity contribution is -0.167. The Kier molecular flexibility index (Phi) is 5.31. The van der Waals surface area contributed by atoms with Crippen molar-refractivity contribution in [3.8, 4) is 5.75 Å². The summed E-state index contributed by atoms with van der Waals surface area (Å²) in [5.74, 6) is -0.101. The highest BCUT2D eigenvalue weighted by molar-refractivity contribution is 6.08. The summed E-state index contributed by atoms with van der Waals surface area (Å²) in [6.45, 7) is 0. The van der Waals surface area contributed by atoms with E-state index in [0.29, 0.717) is 12.0 Å². The van der Waals surface area contributed by atoms with Gasteiger partial charge in [-0.25, -0.2) is 0 Å². The molecule has 0 heterocycles. The third-order valence-electron chi connectivity index (χ3n) is 3.65. The molecule has 1 aliphatic rings. The molecule has 0 N–H and O–H groups in total. The molecule has 0 amide bonds. The van der Waals surface area contributed by atoms with E-state index in [4.69, 9.17) is 14.2 Å². The molecule has 2 rings (SSSR count). The molecule has 0 aromatic heterocycles. The number of hydrogen-bond donors (Lipinski definition) is 0. The van der Waals surface area contributed by atoms with Gasteiger partial charge in [-0.1, -0.05) is 30.4 Å². The van der Waals surface area contributed by atoms with Crippen LogP contribution in [0, 0.1) is 0 Å². The summed E-state index contributed by atoms with van der Waals surface area (Å²) in [5, 5.41) is 0. The fourth-order valence-corrected chi connectivity index (χ4v) is 2.24. The van der Waals surface area contributed by atoms with Gasteiger partial charge in [-0.15, -0.1) is 0 Å². The topological polar surface area (TPSA) is 44.8 Å². The monoisotopic (exact) mass is 300 g/mol. The molecule has 0 aliphatic heterocycles. The first kappa shape index (κ1) is 16.2. The van der Waals surface area contributed by atoms with Gasteiger partial charge in [0.15, 0.2) is 11.6 Å². The first-order valence-electron chi connectivity index (χ1n) is 6.99. The number of carbonyl (C=O) groups is 1. The number of carbonyl (C=O) groups excluding carboxylic acids is 1. The predicted octanol–water partition coefficient (Wildman–Crippen LogP) is 3.15. The summed E-state index contributed by atoms with van der Waals surface area (Å²) in [5.41, 5.74) is 1.48. The Morgan fingerprint density at radius 2 is 1.91 bits per heavy atom. The second-order valence-corrected chi connectivity index (χ2v) is 4.86. The van der Waals surface area contributed by atoms with Gasteiger partial charge in [0.2, 0.25) is 0 Å². The number of para-hydroxylation sites is 1. The fraction of sp³-hybridized carbons (Fsp3) is 0.278. The van der Waals surface area contributed by atoms with Gasteiger partial charge < -0.3 is 14.2 Å². The van der Waals surface area contributed by atoms with E-state index in [1.807, 2.05) is 30.3 Å². The van der Waals surface area contributed by atoms with Gasteiger partial charge in [0, 0.05) is 31.8 Å². The van der Waals surface area contributed by atoms with Gasteiger partial charge in [-0.2, -0.15) is 0 Å². The highest BCUT2D eigenvalue weighted by atomic mass is 16.7. The van der Waals surface area contributed by atoms with Crippen LogP contribution in [-0.2, 0) is 14.3 Å². The van der Waals surface area contributed by atoms with Gasteiger partial charge in [-0.05, 0) is 24.3 Å². The third-order valence-corrected chi connectivity index (χ3v) is 3.65. The zero-order valence-electron chi connectivity index (χ0n) is 13.0. The minimum Gasteiger partial charge on any atom is -0.496 e. The lowest BCUT2D eigenvalue weighted by Gasteiger charge is -2.28. The lowest BCUT2D eigenvalue weighted by Crippen LogP contribution is -2.32. The zero-order valence-corrected chi connectivity index (χ0v) is 13.0. The molecule has 1 aromatic carbocycles. The van der Waals surface area contributed by atoms with Crippen molar-refractivity contribution in [1.82, 2.24) is 0 Å². The third kappa shape index (κ3) is 3.53. The number of allylic oxidation sites excluding steroid dienone is 3. The second-order valence-electron chi connectivity index (χ2n) is 4.86. The fourth-order valence-electron chi connectivity index (χ4n) is 2.24. The van der Waals surface area contributed by atoms with Crippen molar-refractivity contribution in [2.45, 2.75) is 12.2 Å². The molecule has 1 aromatic rings. The van der Waals surface area contributed by atoms with Crippen molar-refractivity contribution in [1.29, 1.82) is 0 Å². The van der Waals surface area contributed by atoms with Crippen molar-refractivity contribution in [2.75, 3.05) is 21.3 Å². The minimum atomic E-state index is -0.768. The van der Waals surface area contributed by atoms with Crippen LogP contribution in [0.5, 0.6) is 5.75 Å². The van der Waals surface area contributed by atoms with Gasteiger partial charge in [0.1, 0.15) is 5.75 Å². The van der Waals surface area contributed by atoms with Crippen molar-refractivity contribution in [3.63, 3.8) is 0 Å². The number of rotatable bonds is 6. The number of ether oxygens (including phenoxy) is 3. The molecule has 0 fully saturated rings. The Balaban J connectivity index is 2.09. The maximum Gasteiger partial charge on any atom is 0.190 e. The molecule has 0 bridgehead atoms. The van der Waals surface area contributed by atoms with E-state index in [2.05, 4.69) is 0 Å². The van der Waals surface area contributed by atoms with Crippen LogP contribution in [0.4, 0.5) is 0 Å². The van der Waals surface area contributed by atoms with Crippen molar-refractivity contribution >= 4 is 11.9 Å². The Bertz CT molecular complexity index is 622. The van der Waals surface area contributed by atoms with Crippen LogP contribution < -0.4 is 4.74 Å². The Hall–Kier alpha value is -2.17. The van der Waals surface area contributed by atoms with Crippen LogP contribution in [0.1, 0.15) is 12.0 Å². The Morgan fingerprint density at radius 3 is 2.50 bits per heavy atom. The number of benzene rings is 1. The van der Waals surface area contributed by atoms with E-state index in [1.54, 1.807) is 45.6 Å². The second kappa shape index (κ2) is 7.20. The first-order chi connectivity index (χ1) is 10.6. The summed E-state index contributed by atoms with van der Waals surface area (Å²) >= 11 is 0. The van der Waals surface area contributed by atoms with Crippen molar-refractivity contribution < 1.29 is 19.0 Å². The average molecular weight is 300 g/mol. The maximum absolute atomic E-state index is 12.2. The molecule has 116 valence electrons. The molecule has 0 spiro atoms. The molecule has 4 heteroatoms. The van der Waals surface area contributed by atoms with E-state index in [1.165, 1.54) is 0 Å². The number of methoxy groups -OCH3 is 3. The zero-order chi connectivity index (χ0) is 16.0. The van der Waals surface area contributed by atoms with E-state index in [0.717, 1.165) is 11.3 Å². The summed E-state index contributed by atoms with van der Waals surface area (Å²) < 4.78 is 15.9. The molecule has 0 unspecified atom stereocenters. The summed E-state index contributed by atoms with van der Waals surface area (Å²) in [4.78, 5) is 12.2. The predicted molar refractivity (Wildman–Crippen MR) is 85.6 cm³/mol. The van der Waals surface area contributed by atoms with E-state index >= 15 is 0 Å². The minimum absolute atomic E-state index is 0.0667. The van der Waals surface area contributed by atoms with Crippen LogP contribution in [0.15, 0.2) is 54.1 Å². The standard InChI is InChI=1S/C18H20O4/c1-20-17-7-5-4-6-15(17)8-9-16(19)14-10-12-18(21-2,22-3)13-11-14/h4-12H,13H2,1-3H3. The maximum atomic E-state index is 12.2. The van der Waals surface area contributed by atoms with E-state index < -0.39 is 5.79 Å². The number of ketones is 1. The Morgan fingerprint density at radius 1 is 1.18 bits per heavy atom. The molecular formula is C18H20O4. The van der Waals surface area contributed by atoms with Crippen LogP contribution in [0.3, 0.4) is 0 Å². The van der Waals surface area contributed by atoms with Crippen molar-refractivity contribution in [2.24, 2.45) is 0 Å². The number of hydrogen-bond acceptors (Lipinski definition) is 4. The molecule has 0 radical (unpaired) electrons. The molecule has 1 aliphatic carbocycles. The van der Waals surface area contributed by atoms with Gasteiger partial charge in [0.25, 0.3) is 0 Å². The molecule has 22 heavy (non-hydrogen) atoms. The summed E-state index contributed by atoms with van der Waals surface area (Å²) in [7, 11) is 4.77. The quantitative estimate of drug-likeness (QED) is 0.598. The molecule has 0 saturated heterocycles. The SMILES string of the molecule is COc1ccccc1C=CC(=O)C1=CCC(OC)(OC)C=C1. The van der Waals surface area contributed by atoms with Gasteiger partial charge >= 0.3 is 0 Å². The smallest absolute Gasteiger partial charge is 0.190 e. The molecular weight excluding hydrogens is 280 g/mol. The van der Waals surface area contributed by atoms with E-state index in [-0.39, 0.29) is 5.78 Å². The van der Waals surface area contributed by atoms with Gasteiger partial charge in [0.05, 0.1) is 7.11 Å². The van der Waals surface area contributed by atoms with E-state index in [9.17, 15) is 4.79 Å². The highest BCUT2D eigenvalue weighted by Crippen LogP contribution is 2.26. The first-order valence-corrected chi connectivity index (χ1v) is 6.99. The normalized spacial score (nSPS) is 16.6. The van der Waals surface area contributed by atoms with Crippen LogP contribution in [0.25, 0.3) is 6.08 Å². The average Bonchev–Trinajstić information content (AvgIpc) is 2.60. The van der Waals surface area contributed by atoms with Gasteiger partial charge in [-0.3, -0.25) is 4.79 Å².